The van der Waals surface area contributed by atoms with Crippen LogP contribution in [-0.4, -0.2) is 33.2 Å². The van der Waals surface area contributed by atoms with Crippen LogP contribution >= 0.6 is 0 Å². The summed E-state index contributed by atoms with van der Waals surface area (Å²) >= 11 is 0. The molecule has 2 heterocycles. The second kappa shape index (κ2) is 6.41. The van der Waals surface area contributed by atoms with Crippen LogP contribution in [0.2, 0.25) is 0 Å². The normalized spacial score (nSPS) is 19.6. The summed E-state index contributed by atoms with van der Waals surface area (Å²) in [7, 11) is 2.03. The number of hydrogen-bond donors (Lipinski definition) is 1. The predicted molar refractivity (Wildman–Crippen MR) is 98.6 cm³/mol. The average Bonchev–Trinajstić information content (AvgIpc) is 2.58. The third kappa shape index (κ3) is 3.33. The molecule has 128 valence electrons. The van der Waals surface area contributed by atoms with Crippen molar-refractivity contribution in [3.8, 4) is 0 Å². The van der Waals surface area contributed by atoms with E-state index in [9.17, 15) is 5.11 Å². The summed E-state index contributed by atoms with van der Waals surface area (Å²) < 4.78 is 0. The van der Waals surface area contributed by atoms with Gasteiger partial charge >= 0.3 is 0 Å². The smallest absolute Gasteiger partial charge is 0.132 e. The highest BCUT2D eigenvalue weighted by Gasteiger charge is 2.30. The number of aromatic nitrogens is 3. The van der Waals surface area contributed by atoms with Gasteiger partial charge in [-0.15, -0.1) is 0 Å². The van der Waals surface area contributed by atoms with Gasteiger partial charge in [-0.1, -0.05) is 24.3 Å². The molecule has 1 aliphatic carbocycles. The van der Waals surface area contributed by atoms with Gasteiger partial charge in [-0.05, 0) is 31.9 Å². The Morgan fingerprint density at radius 1 is 1.08 bits per heavy atom. The zero-order valence-corrected chi connectivity index (χ0v) is 14.6. The van der Waals surface area contributed by atoms with E-state index >= 15 is 0 Å². The molecule has 2 aromatic heterocycles. The zero-order valence-electron chi connectivity index (χ0n) is 14.6. The first-order valence-electron chi connectivity index (χ1n) is 8.68. The molecule has 0 atom stereocenters. The van der Waals surface area contributed by atoms with Gasteiger partial charge < -0.3 is 10.0 Å². The third-order valence-electron chi connectivity index (χ3n) is 4.82. The molecule has 0 radical (unpaired) electrons. The monoisotopic (exact) mass is 334 g/mol. The number of aliphatic hydroxyl groups excluding tert-OH is 1. The Balaban J connectivity index is 1.56. The summed E-state index contributed by atoms with van der Waals surface area (Å²) in [5.41, 5.74) is 3.06. The van der Waals surface area contributed by atoms with E-state index in [1.807, 2.05) is 38.2 Å². The molecular weight excluding hydrogens is 312 g/mol. The van der Waals surface area contributed by atoms with Crippen molar-refractivity contribution in [2.45, 2.75) is 38.3 Å². The molecule has 1 N–H and O–H groups in total. The first-order chi connectivity index (χ1) is 12.1. The van der Waals surface area contributed by atoms with Crippen LogP contribution in [0.1, 0.15) is 36.0 Å². The number of aryl methyl sites for hydroxylation is 1. The lowest BCUT2D eigenvalue weighted by Gasteiger charge is -2.31. The number of rotatable bonds is 4. The molecule has 0 bridgehead atoms. The summed E-state index contributed by atoms with van der Waals surface area (Å²) in [6.45, 7) is 2.61. The van der Waals surface area contributed by atoms with E-state index in [1.54, 1.807) is 0 Å². The summed E-state index contributed by atoms with van der Waals surface area (Å²) in [5, 5.41) is 10.7. The van der Waals surface area contributed by atoms with Gasteiger partial charge in [0.1, 0.15) is 11.6 Å². The third-order valence-corrected chi connectivity index (χ3v) is 4.82. The Morgan fingerprint density at radius 3 is 2.68 bits per heavy atom. The van der Waals surface area contributed by atoms with Crippen LogP contribution in [0.5, 0.6) is 0 Å². The van der Waals surface area contributed by atoms with Crippen molar-refractivity contribution in [3.63, 3.8) is 0 Å². The molecule has 3 aromatic rings. The van der Waals surface area contributed by atoms with E-state index in [0.717, 1.165) is 46.8 Å². The van der Waals surface area contributed by atoms with Crippen molar-refractivity contribution in [1.82, 2.24) is 15.0 Å². The minimum absolute atomic E-state index is 0.178. The lowest BCUT2D eigenvalue weighted by atomic mass is 9.80. The molecule has 4 rings (SSSR count). The minimum atomic E-state index is -0.178. The SMILES string of the molecule is Cc1nc(C2CC(O)C2)cc(N(C)Cc2ccc3ccccc3n2)n1. The first kappa shape index (κ1) is 16.0. The molecular formula is C20H22N4O. The number of anilines is 1. The van der Waals surface area contributed by atoms with Crippen molar-refractivity contribution in [3.05, 3.63) is 59.7 Å². The van der Waals surface area contributed by atoms with Crippen LogP contribution in [0, 0.1) is 6.92 Å². The Bertz CT molecular complexity index is 905. The molecule has 1 aliphatic rings. The number of nitrogens with zero attached hydrogens (tertiary/aromatic N) is 4. The van der Waals surface area contributed by atoms with E-state index in [-0.39, 0.29) is 6.10 Å². The summed E-state index contributed by atoms with van der Waals surface area (Å²) in [5.74, 6) is 2.02. The van der Waals surface area contributed by atoms with Crippen LogP contribution in [0.25, 0.3) is 10.9 Å². The lowest BCUT2D eigenvalue weighted by molar-refractivity contribution is 0.0731. The van der Waals surface area contributed by atoms with Crippen LogP contribution in [-0.2, 0) is 6.54 Å². The van der Waals surface area contributed by atoms with E-state index in [0.29, 0.717) is 12.5 Å². The molecule has 0 aliphatic heterocycles. The maximum atomic E-state index is 9.55. The minimum Gasteiger partial charge on any atom is -0.393 e. The summed E-state index contributed by atoms with van der Waals surface area (Å²) in [6, 6.07) is 14.4. The Kier molecular flexibility index (Phi) is 4.09. The lowest BCUT2D eigenvalue weighted by Crippen LogP contribution is -2.28. The molecule has 1 aromatic carbocycles. The van der Waals surface area contributed by atoms with Crippen molar-refractivity contribution < 1.29 is 5.11 Å². The maximum Gasteiger partial charge on any atom is 0.132 e. The molecule has 0 unspecified atom stereocenters. The number of fused-ring (bicyclic) bond motifs is 1. The van der Waals surface area contributed by atoms with Gasteiger partial charge in [-0.25, -0.2) is 9.97 Å². The second-order valence-corrected chi connectivity index (χ2v) is 6.87. The average molecular weight is 334 g/mol. The fraction of sp³-hybridized carbons (Fsp3) is 0.350. The first-order valence-corrected chi connectivity index (χ1v) is 8.68. The summed E-state index contributed by atoms with van der Waals surface area (Å²) in [4.78, 5) is 16.0. The summed E-state index contributed by atoms with van der Waals surface area (Å²) in [6.07, 6.45) is 1.42. The highest BCUT2D eigenvalue weighted by Crippen LogP contribution is 2.36. The Hall–Kier alpha value is -2.53. The molecule has 0 amide bonds. The number of hydrogen-bond acceptors (Lipinski definition) is 5. The fourth-order valence-corrected chi connectivity index (χ4v) is 3.33. The maximum absolute atomic E-state index is 9.55. The zero-order chi connectivity index (χ0) is 17.4. The standard InChI is InChI=1S/C20H22N4O/c1-13-21-19(15-9-17(25)10-15)11-20(22-13)24(2)12-16-8-7-14-5-3-4-6-18(14)23-16/h3-8,11,15,17,25H,9-10,12H2,1-2H3. The van der Waals surface area contributed by atoms with Crippen molar-refractivity contribution in [2.24, 2.45) is 0 Å². The molecule has 1 saturated carbocycles. The highest BCUT2D eigenvalue weighted by molar-refractivity contribution is 5.78. The van der Waals surface area contributed by atoms with Gasteiger partial charge in [-0.3, -0.25) is 4.98 Å². The van der Waals surface area contributed by atoms with Crippen molar-refractivity contribution in [1.29, 1.82) is 0 Å². The number of aliphatic hydroxyl groups is 1. The van der Waals surface area contributed by atoms with Crippen LogP contribution in [0.3, 0.4) is 0 Å². The van der Waals surface area contributed by atoms with E-state index in [4.69, 9.17) is 4.98 Å². The largest absolute Gasteiger partial charge is 0.393 e. The van der Waals surface area contributed by atoms with Gasteiger partial charge in [0.05, 0.1) is 23.9 Å². The molecule has 5 heteroatoms. The van der Waals surface area contributed by atoms with Crippen molar-refractivity contribution >= 4 is 16.7 Å². The molecule has 25 heavy (non-hydrogen) atoms. The molecule has 5 nitrogen and oxygen atoms in total. The molecule has 0 spiro atoms. The quantitative estimate of drug-likeness (QED) is 0.794. The predicted octanol–water partition coefficient (Wildman–Crippen LogP) is 3.21. The molecule has 1 fully saturated rings. The van der Waals surface area contributed by atoms with Gasteiger partial charge in [0.25, 0.3) is 0 Å². The van der Waals surface area contributed by atoms with Crippen LogP contribution < -0.4 is 4.90 Å². The van der Waals surface area contributed by atoms with Gasteiger partial charge in [0, 0.05) is 30.1 Å². The topological polar surface area (TPSA) is 62.1 Å². The van der Waals surface area contributed by atoms with E-state index in [2.05, 4.69) is 33.1 Å². The van der Waals surface area contributed by atoms with Gasteiger partial charge in [0.2, 0.25) is 0 Å². The Morgan fingerprint density at radius 2 is 1.88 bits per heavy atom. The van der Waals surface area contributed by atoms with Crippen LogP contribution in [0.4, 0.5) is 5.82 Å². The number of pyridine rings is 1. The van der Waals surface area contributed by atoms with Gasteiger partial charge in [-0.2, -0.15) is 0 Å². The molecule has 0 saturated heterocycles. The number of para-hydroxylation sites is 1. The number of benzene rings is 1. The fourth-order valence-electron chi connectivity index (χ4n) is 3.33. The van der Waals surface area contributed by atoms with E-state index in [1.165, 1.54) is 0 Å². The van der Waals surface area contributed by atoms with Crippen molar-refractivity contribution in [2.75, 3.05) is 11.9 Å². The Labute approximate surface area is 147 Å². The van der Waals surface area contributed by atoms with E-state index < -0.39 is 0 Å². The highest BCUT2D eigenvalue weighted by atomic mass is 16.3. The van der Waals surface area contributed by atoms with Gasteiger partial charge in [0.15, 0.2) is 0 Å². The van der Waals surface area contributed by atoms with Crippen LogP contribution in [0.15, 0.2) is 42.5 Å². The second-order valence-electron chi connectivity index (χ2n) is 6.87.